The van der Waals surface area contributed by atoms with Crippen molar-refractivity contribution in [1.29, 1.82) is 0 Å². The highest BCUT2D eigenvalue weighted by atomic mass is 35.5. The minimum atomic E-state index is 0.737. The topological polar surface area (TPSA) is 38.9 Å². The van der Waals surface area contributed by atoms with Crippen LogP contribution in [0.15, 0.2) is 48.5 Å². The van der Waals surface area contributed by atoms with Crippen LogP contribution >= 0.6 is 22.9 Å². The average molecular weight is 301 g/mol. The van der Waals surface area contributed by atoms with E-state index in [0.29, 0.717) is 0 Å². The molecule has 2 N–H and O–H groups in total. The molecule has 1 aromatic heterocycles. The van der Waals surface area contributed by atoms with Gasteiger partial charge in [0.1, 0.15) is 5.01 Å². The van der Waals surface area contributed by atoms with Crippen LogP contribution in [0.4, 0.5) is 5.69 Å². The van der Waals surface area contributed by atoms with E-state index in [0.717, 1.165) is 32.5 Å². The number of nitrogen functional groups attached to an aromatic ring is 1. The number of halogens is 1. The minimum absolute atomic E-state index is 0.737. The number of aryl methyl sites for hydroxylation is 1. The van der Waals surface area contributed by atoms with Crippen molar-refractivity contribution in [3.63, 3.8) is 0 Å². The van der Waals surface area contributed by atoms with Crippen molar-refractivity contribution in [2.45, 2.75) is 6.92 Å². The monoisotopic (exact) mass is 300 g/mol. The number of hydrogen-bond acceptors (Lipinski definition) is 3. The smallest absolute Gasteiger partial charge is 0.124 e. The Balaban J connectivity index is 2.02. The van der Waals surface area contributed by atoms with E-state index < -0.39 is 0 Å². The van der Waals surface area contributed by atoms with Crippen LogP contribution in [-0.2, 0) is 0 Å². The van der Waals surface area contributed by atoms with Crippen LogP contribution in [0.2, 0.25) is 5.02 Å². The largest absolute Gasteiger partial charge is 0.399 e. The van der Waals surface area contributed by atoms with Crippen LogP contribution in [0, 0.1) is 6.92 Å². The molecular weight excluding hydrogens is 288 g/mol. The Kier molecular flexibility index (Phi) is 3.47. The van der Waals surface area contributed by atoms with E-state index >= 15 is 0 Å². The molecule has 0 saturated heterocycles. The van der Waals surface area contributed by atoms with Crippen molar-refractivity contribution in [2.75, 3.05) is 5.73 Å². The summed E-state index contributed by atoms with van der Waals surface area (Å²) < 4.78 is 0. The second kappa shape index (κ2) is 5.27. The van der Waals surface area contributed by atoms with Gasteiger partial charge in [-0.05, 0) is 31.2 Å². The minimum Gasteiger partial charge on any atom is -0.399 e. The Morgan fingerprint density at radius 1 is 0.950 bits per heavy atom. The molecule has 0 aliphatic carbocycles. The first-order valence-corrected chi connectivity index (χ1v) is 7.42. The number of thiazole rings is 1. The molecule has 0 saturated carbocycles. The van der Waals surface area contributed by atoms with E-state index in [2.05, 4.69) is 6.92 Å². The zero-order valence-corrected chi connectivity index (χ0v) is 12.5. The lowest BCUT2D eigenvalue weighted by Crippen LogP contribution is -1.85. The molecule has 3 rings (SSSR count). The second-order valence-corrected chi connectivity index (χ2v) is 6.19. The number of aromatic nitrogens is 1. The molecule has 20 heavy (non-hydrogen) atoms. The summed E-state index contributed by atoms with van der Waals surface area (Å²) in [6, 6.07) is 15.6. The molecule has 100 valence electrons. The molecular formula is C16H13ClN2S. The molecule has 0 radical (unpaired) electrons. The maximum Gasteiger partial charge on any atom is 0.124 e. The molecule has 0 amide bonds. The summed E-state index contributed by atoms with van der Waals surface area (Å²) in [7, 11) is 0. The summed E-state index contributed by atoms with van der Waals surface area (Å²) >= 11 is 7.60. The molecule has 2 aromatic carbocycles. The predicted octanol–water partition coefficient (Wildman–Crippen LogP) is 5.02. The molecule has 0 bridgehead atoms. The highest BCUT2D eigenvalue weighted by Crippen LogP contribution is 2.33. The number of nitrogens with two attached hydrogens (primary N) is 1. The maximum absolute atomic E-state index is 5.92. The van der Waals surface area contributed by atoms with Gasteiger partial charge in [0.25, 0.3) is 0 Å². The van der Waals surface area contributed by atoms with Gasteiger partial charge in [-0.1, -0.05) is 35.9 Å². The van der Waals surface area contributed by atoms with E-state index in [1.807, 2.05) is 48.5 Å². The van der Waals surface area contributed by atoms with Crippen LogP contribution in [0.5, 0.6) is 0 Å². The van der Waals surface area contributed by atoms with Gasteiger partial charge in [-0.25, -0.2) is 4.98 Å². The number of hydrogen-bond donors (Lipinski definition) is 1. The second-order valence-electron chi connectivity index (χ2n) is 4.55. The highest BCUT2D eigenvalue weighted by Gasteiger charge is 2.11. The van der Waals surface area contributed by atoms with Crippen molar-refractivity contribution >= 4 is 28.6 Å². The van der Waals surface area contributed by atoms with Gasteiger partial charge in [0.05, 0.1) is 5.69 Å². The Morgan fingerprint density at radius 3 is 2.20 bits per heavy atom. The lowest BCUT2D eigenvalue weighted by Gasteiger charge is -1.99. The van der Waals surface area contributed by atoms with Crippen molar-refractivity contribution in [2.24, 2.45) is 0 Å². The quantitative estimate of drug-likeness (QED) is 0.675. The third-order valence-electron chi connectivity index (χ3n) is 3.07. The molecule has 0 atom stereocenters. The van der Waals surface area contributed by atoms with Gasteiger partial charge in [0.2, 0.25) is 0 Å². The normalized spacial score (nSPS) is 10.7. The first-order chi connectivity index (χ1) is 9.63. The van der Waals surface area contributed by atoms with Gasteiger partial charge >= 0.3 is 0 Å². The summed E-state index contributed by atoms with van der Waals surface area (Å²) in [5.41, 5.74) is 9.68. The van der Waals surface area contributed by atoms with E-state index in [9.17, 15) is 0 Å². The van der Waals surface area contributed by atoms with Gasteiger partial charge in [0.15, 0.2) is 0 Å². The Morgan fingerprint density at radius 2 is 1.55 bits per heavy atom. The standard InChI is InChI=1S/C16H13ClN2S/c1-10-15(11-4-8-14(18)9-5-11)19-16(20-10)12-2-6-13(17)7-3-12/h2-9H,18H2,1H3. The molecule has 0 unspecified atom stereocenters. The summed E-state index contributed by atoms with van der Waals surface area (Å²) in [4.78, 5) is 5.94. The Labute approximate surface area is 126 Å². The first-order valence-electron chi connectivity index (χ1n) is 6.23. The third-order valence-corrected chi connectivity index (χ3v) is 4.34. The van der Waals surface area contributed by atoms with Gasteiger partial charge in [0, 0.05) is 26.7 Å². The molecule has 0 aliphatic rings. The van der Waals surface area contributed by atoms with E-state index in [1.54, 1.807) is 11.3 Å². The molecule has 0 fully saturated rings. The van der Waals surface area contributed by atoms with E-state index in [1.165, 1.54) is 4.88 Å². The SMILES string of the molecule is Cc1sc(-c2ccc(Cl)cc2)nc1-c1ccc(N)cc1. The van der Waals surface area contributed by atoms with Crippen molar-refractivity contribution in [3.05, 3.63) is 58.4 Å². The fraction of sp³-hybridized carbons (Fsp3) is 0.0625. The number of anilines is 1. The molecule has 0 spiro atoms. The molecule has 2 nitrogen and oxygen atoms in total. The average Bonchev–Trinajstić information content (AvgIpc) is 2.82. The molecule has 1 heterocycles. The van der Waals surface area contributed by atoms with Gasteiger partial charge in [-0.2, -0.15) is 0 Å². The van der Waals surface area contributed by atoms with E-state index in [4.69, 9.17) is 22.3 Å². The van der Waals surface area contributed by atoms with Gasteiger partial charge < -0.3 is 5.73 Å². The fourth-order valence-corrected chi connectivity index (χ4v) is 3.09. The molecule has 0 aliphatic heterocycles. The zero-order chi connectivity index (χ0) is 14.1. The number of rotatable bonds is 2. The van der Waals surface area contributed by atoms with Crippen LogP contribution in [-0.4, -0.2) is 4.98 Å². The van der Waals surface area contributed by atoms with Gasteiger partial charge in [-0.3, -0.25) is 0 Å². The molecule has 4 heteroatoms. The summed E-state index contributed by atoms with van der Waals surface area (Å²) in [5, 5.41) is 1.74. The number of benzene rings is 2. The lowest BCUT2D eigenvalue weighted by atomic mass is 10.1. The van der Waals surface area contributed by atoms with Crippen LogP contribution in [0.3, 0.4) is 0 Å². The third kappa shape index (κ3) is 2.55. The van der Waals surface area contributed by atoms with Crippen molar-refractivity contribution < 1.29 is 0 Å². The van der Waals surface area contributed by atoms with E-state index in [-0.39, 0.29) is 0 Å². The maximum atomic E-state index is 5.92. The fourth-order valence-electron chi connectivity index (χ4n) is 2.02. The highest BCUT2D eigenvalue weighted by molar-refractivity contribution is 7.15. The summed E-state index contributed by atoms with van der Waals surface area (Å²) in [6.45, 7) is 2.09. The predicted molar refractivity (Wildman–Crippen MR) is 87.1 cm³/mol. The van der Waals surface area contributed by atoms with Crippen molar-refractivity contribution in [3.8, 4) is 21.8 Å². The van der Waals surface area contributed by atoms with Crippen LogP contribution < -0.4 is 5.73 Å². The van der Waals surface area contributed by atoms with Crippen LogP contribution in [0.1, 0.15) is 4.88 Å². The lowest BCUT2D eigenvalue weighted by molar-refractivity contribution is 1.37. The summed E-state index contributed by atoms with van der Waals surface area (Å²) in [6.07, 6.45) is 0. The van der Waals surface area contributed by atoms with Crippen LogP contribution in [0.25, 0.3) is 21.8 Å². The molecule has 3 aromatic rings. The number of nitrogens with zero attached hydrogens (tertiary/aromatic N) is 1. The first kappa shape index (κ1) is 13.2. The van der Waals surface area contributed by atoms with Gasteiger partial charge in [-0.15, -0.1) is 11.3 Å². The Bertz CT molecular complexity index is 730. The Hall–Kier alpha value is -1.84. The zero-order valence-electron chi connectivity index (χ0n) is 10.9. The van der Waals surface area contributed by atoms with Crippen molar-refractivity contribution in [1.82, 2.24) is 4.98 Å². The summed E-state index contributed by atoms with van der Waals surface area (Å²) in [5.74, 6) is 0.